The molecule has 2 aromatic rings. The van der Waals surface area contributed by atoms with Crippen molar-refractivity contribution in [1.29, 1.82) is 0 Å². The molecule has 2 fully saturated rings. The van der Waals surface area contributed by atoms with Crippen molar-refractivity contribution < 1.29 is 18.7 Å². The Bertz CT molecular complexity index is 874. The third kappa shape index (κ3) is 3.03. The van der Waals surface area contributed by atoms with E-state index >= 15 is 0 Å². The number of likely N-dealkylation sites (tertiary alicyclic amines) is 1. The van der Waals surface area contributed by atoms with E-state index in [1.165, 1.54) is 12.1 Å². The number of ether oxygens (including phenoxy) is 1. The quantitative estimate of drug-likeness (QED) is 0.845. The van der Waals surface area contributed by atoms with Crippen molar-refractivity contribution in [2.75, 3.05) is 26.2 Å². The Labute approximate surface area is 150 Å². The maximum atomic E-state index is 13.5. The van der Waals surface area contributed by atoms with Gasteiger partial charge in [-0.25, -0.2) is 4.39 Å². The Morgan fingerprint density at radius 3 is 2.77 bits per heavy atom. The van der Waals surface area contributed by atoms with Crippen molar-refractivity contribution in [3.05, 3.63) is 41.3 Å². The van der Waals surface area contributed by atoms with Crippen LogP contribution in [0.15, 0.2) is 24.3 Å². The highest BCUT2D eigenvalue weighted by atomic mass is 19.1. The van der Waals surface area contributed by atoms with Gasteiger partial charge in [-0.15, -0.1) is 0 Å². The van der Waals surface area contributed by atoms with E-state index in [1.54, 1.807) is 24.0 Å². The first kappa shape index (κ1) is 16.9. The Balaban J connectivity index is 1.56. The number of fused-ring (bicyclic) bond motifs is 1. The molecule has 2 aliphatic rings. The van der Waals surface area contributed by atoms with Gasteiger partial charge in [0.05, 0.1) is 16.7 Å². The molecule has 2 saturated heterocycles. The van der Waals surface area contributed by atoms with Crippen molar-refractivity contribution in [1.82, 2.24) is 15.2 Å². The number of carbonyl (C=O) groups excluding carboxylic acids is 2. The number of aromatic nitrogens is 1. The molecule has 3 heterocycles. The number of rotatable bonds is 1. The third-order valence-electron chi connectivity index (χ3n) is 5.21. The van der Waals surface area contributed by atoms with E-state index in [-0.39, 0.29) is 29.8 Å². The Morgan fingerprint density at radius 1 is 1.31 bits per heavy atom. The molecule has 1 aromatic carbocycles. The first-order chi connectivity index (χ1) is 12.5. The summed E-state index contributed by atoms with van der Waals surface area (Å²) in [5, 5.41) is 3.50. The summed E-state index contributed by atoms with van der Waals surface area (Å²) in [7, 11) is 0. The summed E-state index contributed by atoms with van der Waals surface area (Å²) >= 11 is 0. The maximum Gasteiger partial charge on any atom is 0.254 e. The number of nitrogens with zero attached hydrogens (tertiary/aromatic N) is 2. The molecule has 1 aromatic heterocycles. The van der Waals surface area contributed by atoms with Gasteiger partial charge in [0.2, 0.25) is 5.91 Å². The van der Waals surface area contributed by atoms with Crippen LogP contribution in [0.3, 0.4) is 0 Å². The van der Waals surface area contributed by atoms with Crippen LogP contribution in [0, 0.1) is 12.7 Å². The highest BCUT2D eigenvalue weighted by molar-refractivity contribution is 6.06. The standard InChI is InChI=1S/C19H20FN3O3/c1-12-8-15(14-3-2-13(20)9-16(14)22-12)18(25)23-6-4-19(5-7-23)11-21-17(24)10-26-19/h2-3,8-9H,4-7,10-11H2,1H3,(H,21,24). The molecule has 7 heteroatoms. The fraction of sp³-hybridized carbons (Fsp3) is 0.421. The van der Waals surface area contributed by atoms with Crippen LogP contribution in [-0.4, -0.2) is 53.5 Å². The van der Waals surface area contributed by atoms with Gasteiger partial charge >= 0.3 is 0 Å². The molecular formula is C19H20FN3O3. The van der Waals surface area contributed by atoms with Crippen LogP contribution >= 0.6 is 0 Å². The second kappa shape index (κ2) is 6.32. The SMILES string of the molecule is Cc1cc(C(=O)N2CCC3(CC2)CNC(=O)CO3)c2ccc(F)cc2n1. The lowest BCUT2D eigenvalue weighted by atomic mass is 9.89. The van der Waals surface area contributed by atoms with Gasteiger partial charge in [-0.2, -0.15) is 0 Å². The number of aryl methyl sites for hydroxylation is 1. The van der Waals surface area contributed by atoms with Gasteiger partial charge in [0.1, 0.15) is 12.4 Å². The van der Waals surface area contributed by atoms with Crippen LogP contribution in [0.25, 0.3) is 10.9 Å². The van der Waals surface area contributed by atoms with E-state index in [2.05, 4.69) is 10.3 Å². The fourth-order valence-electron chi connectivity index (χ4n) is 3.70. The van der Waals surface area contributed by atoms with Gasteiger partial charge in [0, 0.05) is 36.8 Å². The molecule has 2 amide bonds. The van der Waals surface area contributed by atoms with Gasteiger partial charge in [0.15, 0.2) is 0 Å². The Morgan fingerprint density at radius 2 is 2.08 bits per heavy atom. The van der Waals surface area contributed by atoms with E-state index in [4.69, 9.17) is 4.74 Å². The Hall–Kier alpha value is -2.54. The van der Waals surface area contributed by atoms with Crippen molar-refractivity contribution in [3.8, 4) is 0 Å². The molecule has 26 heavy (non-hydrogen) atoms. The summed E-state index contributed by atoms with van der Waals surface area (Å²) in [6.45, 7) is 3.47. The molecule has 0 saturated carbocycles. The van der Waals surface area contributed by atoms with Crippen LogP contribution in [0.5, 0.6) is 0 Å². The number of nitrogens with one attached hydrogen (secondary N) is 1. The molecule has 0 atom stereocenters. The summed E-state index contributed by atoms with van der Waals surface area (Å²) in [6.07, 6.45) is 1.35. The zero-order valence-electron chi connectivity index (χ0n) is 14.5. The van der Waals surface area contributed by atoms with Gasteiger partial charge in [-0.3, -0.25) is 14.6 Å². The summed E-state index contributed by atoms with van der Waals surface area (Å²) in [6, 6.07) is 6.06. The molecule has 1 spiro atoms. The second-order valence-electron chi connectivity index (χ2n) is 7.01. The zero-order valence-corrected chi connectivity index (χ0v) is 14.5. The number of morpholine rings is 1. The van der Waals surface area contributed by atoms with Crippen LogP contribution in [0.2, 0.25) is 0 Å². The minimum Gasteiger partial charge on any atom is -0.363 e. The number of amides is 2. The fourth-order valence-corrected chi connectivity index (χ4v) is 3.70. The molecular weight excluding hydrogens is 337 g/mol. The minimum atomic E-state index is -0.371. The van der Waals surface area contributed by atoms with Gasteiger partial charge < -0.3 is 15.0 Å². The normalized spacial score (nSPS) is 19.6. The number of benzene rings is 1. The summed E-state index contributed by atoms with van der Waals surface area (Å²) < 4.78 is 19.3. The summed E-state index contributed by atoms with van der Waals surface area (Å²) in [4.78, 5) is 30.5. The molecule has 0 bridgehead atoms. The Kier molecular flexibility index (Phi) is 4.11. The summed E-state index contributed by atoms with van der Waals surface area (Å²) in [5.74, 6) is -0.549. The van der Waals surface area contributed by atoms with Gasteiger partial charge in [0.25, 0.3) is 5.91 Å². The lowest BCUT2D eigenvalue weighted by molar-refractivity contribution is -0.149. The number of hydrogen-bond acceptors (Lipinski definition) is 4. The molecule has 0 radical (unpaired) electrons. The third-order valence-corrected chi connectivity index (χ3v) is 5.21. The first-order valence-corrected chi connectivity index (χ1v) is 8.73. The highest BCUT2D eigenvalue weighted by Gasteiger charge is 2.40. The largest absolute Gasteiger partial charge is 0.363 e. The molecule has 1 N–H and O–H groups in total. The lowest BCUT2D eigenvalue weighted by Gasteiger charge is -2.43. The smallest absolute Gasteiger partial charge is 0.254 e. The first-order valence-electron chi connectivity index (χ1n) is 8.73. The van der Waals surface area contributed by atoms with E-state index in [0.717, 1.165) is 0 Å². The average Bonchev–Trinajstić information content (AvgIpc) is 2.63. The number of pyridine rings is 1. The van der Waals surface area contributed by atoms with Crippen molar-refractivity contribution >= 4 is 22.7 Å². The van der Waals surface area contributed by atoms with E-state index in [1.807, 2.05) is 0 Å². The maximum absolute atomic E-state index is 13.5. The predicted molar refractivity (Wildman–Crippen MR) is 93.3 cm³/mol. The van der Waals surface area contributed by atoms with Gasteiger partial charge in [-0.05, 0) is 38.0 Å². The minimum absolute atomic E-state index is 0.0771. The number of piperidine rings is 1. The number of halogens is 1. The monoisotopic (exact) mass is 357 g/mol. The molecule has 0 unspecified atom stereocenters. The number of carbonyl (C=O) groups is 2. The van der Waals surface area contributed by atoms with Crippen LogP contribution in [-0.2, 0) is 9.53 Å². The predicted octanol–water partition coefficient (Wildman–Crippen LogP) is 1.80. The van der Waals surface area contributed by atoms with Crippen LogP contribution in [0.4, 0.5) is 4.39 Å². The highest BCUT2D eigenvalue weighted by Crippen LogP contribution is 2.29. The lowest BCUT2D eigenvalue weighted by Crippen LogP contribution is -2.58. The summed E-state index contributed by atoms with van der Waals surface area (Å²) in [5.41, 5.74) is 1.34. The van der Waals surface area contributed by atoms with Crippen molar-refractivity contribution in [2.24, 2.45) is 0 Å². The average molecular weight is 357 g/mol. The van der Waals surface area contributed by atoms with Gasteiger partial charge in [-0.1, -0.05) is 0 Å². The van der Waals surface area contributed by atoms with Crippen LogP contribution in [0.1, 0.15) is 28.9 Å². The molecule has 6 nitrogen and oxygen atoms in total. The molecule has 0 aliphatic carbocycles. The number of hydrogen-bond donors (Lipinski definition) is 1. The van der Waals surface area contributed by atoms with Crippen LogP contribution < -0.4 is 5.32 Å². The molecule has 4 rings (SSSR count). The van der Waals surface area contributed by atoms with Crippen molar-refractivity contribution in [3.63, 3.8) is 0 Å². The van der Waals surface area contributed by atoms with E-state index in [0.29, 0.717) is 54.6 Å². The topological polar surface area (TPSA) is 71.5 Å². The molecule has 2 aliphatic heterocycles. The second-order valence-corrected chi connectivity index (χ2v) is 7.01. The van der Waals surface area contributed by atoms with E-state index in [9.17, 15) is 14.0 Å². The molecule has 136 valence electrons. The zero-order chi connectivity index (χ0) is 18.3. The van der Waals surface area contributed by atoms with Crippen molar-refractivity contribution in [2.45, 2.75) is 25.4 Å². The van der Waals surface area contributed by atoms with E-state index < -0.39 is 0 Å².